The van der Waals surface area contributed by atoms with Gasteiger partial charge in [-0.25, -0.2) is 4.98 Å². The van der Waals surface area contributed by atoms with E-state index in [0.29, 0.717) is 22.4 Å². The van der Waals surface area contributed by atoms with Crippen molar-refractivity contribution < 1.29 is 4.79 Å². The van der Waals surface area contributed by atoms with Gasteiger partial charge in [0.25, 0.3) is 0 Å². The highest BCUT2D eigenvalue weighted by Gasteiger charge is 2.13. The molecule has 142 valence electrons. The van der Waals surface area contributed by atoms with Crippen LogP contribution in [0.3, 0.4) is 0 Å². The van der Waals surface area contributed by atoms with E-state index in [-0.39, 0.29) is 11.7 Å². The van der Waals surface area contributed by atoms with E-state index >= 15 is 0 Å². The van der Waals surface area contributed by atoms with Crippen molar-refractivity contribution in [2.75, 3.05) is 11.1 Å². The molecule has 2 aromatic carbocycles. The van der Waals surface area contributed by atoms with E-state index in [1.807, 2.05) is 52.6 Å². The van der Waals surface area contributed by atoms with Gasteiger partial charge in [0.05, 0.1) is 40.4 Å². The normalized spacial score (nSPS) is 11.1. The van der Waals surface area contributed by atoms with E-state index in [9.17, 15) is 4.79 Å². The Morgan fingerprint density at radius 2 is 1.93 bits per heavy atom. The van der Waals surface area contributed by atoms with Crippen LogP contribution in [0.2, 0.25) is 5.02 Å². The molecule has 0 aliphatic rings. The summed E-state index contributed by atoms with van der Waals surface area (Å²) in [5.41, 5.74) is 2.58. The van der Waals surface area contributed by atoms with E-state index in [0.717, 1.165) is 16.9 Å². The van der Waals surface area contributed by atoms with Crippen molar-refractivity contribution in [3.8, 4) is 0 Å². The molecule has 0 unspecified atom stereocenters. The van der Waals surface area contributed by atoms with E-state index in [2.05, 4.69) is 20.5 Å². The maximum absolute atomic E-state index is 12.2. The predicted octanol–water partition coefficient (Wildman–Crippen LogP) is 3.60. The molecule has 0 spiro atoms. The number of carbonyl (C=O) groups is 1. The van der Waals surface area contributed by atoms with Gasteiger partial charge in [-0.05, 0) is 24.3 Å². The number of aromatic nitrogens is 5. The summed E-state index contributed by atoms with van der Waals surface area (Å²) in [6, 6.07) is 15.1. The lowest BCUT2D eigenvalue weighted by atomic mass is 10.3. The molecule has 0 bridgehead atoms. The molecule has 0 saturated heterocycles. The van der Waals surface area contributed by atoms with Gasteiger partial charge in [-0.3, -0.25) is 4.79 Å². The number of fused-ring (bicyclic) bond motifs is 1. The van der Waals surface area contributed by atoms with Crippen LogP contribution in [0.25, 0.3) is 11.0 Å². The van der Waals surface area contributed by atoms with Crippen molar-refractivity contribution in [3.63, 3.8) is 0 Å². The quantitative estimate of drug-likeness (QED) is 0.489. The number of rotatable bonds is 6. The van der Waals surface area contributed by atoms with Crippen molar-refractivity contribution >= 4 is 46.0 Å². The maximum atomic E-state index is 12.2. The fraction of sp³-hybridized carbons (Fsp3) is 0.158. The van der Waals surface area contributed by atoms with Gasteiger partial charge in [-0.15, -0.1) is 10.2 Å². The molecule has 28 heavy (non-hydrogen) atoms. The lowest BCUT2D eigenvalue weighted by Crippen LogP contribution is -2.14. The molecule has 0 radical (unpaired) electrons. The summed E-state index contributed by atoms with van der Waals surface area (Å²) in [6.45, 7) is 0.552. The highest BCUT2D eigenvalue weighted by Crippen LogP contribution is 2.22. The molecule has 4 aromatic rings. The molecule has 0 aliphatic heterocycles. The van der Waals surface area contributed by atoms with Crippen LogP contribution < -0.4 is 5.32 Å². The molecule has 4 rings (SSSR count). The molecule has 1 N–H and O–H groups in total. The number of hydrogen-bond donors (Lipinski definition) is 1. The molecule has 2 heterocycles. The summed E-state index contributed by atoms with van der Waals surface area (Å²) in [4.78, 5) is 16.6. The van der Waals surface area contributed by atoms with Gasteiger partial charge in [-0.2, -0.15) is 0 Å². The number of imidazole rings is 1. The second-order valence-electron chi connectivity index (χ2n) is 6.14. The lowest BCUT2D eigenvalue weighted by Gasteiger charge is -2.07. The Labute approximate surface area is 170 Å². The first-order valence-electron chi connectivity index (χ1n) is 8.57. The third kappa shape index (κ3) is 3.88. The van der Waals surface area contributed by atoms with Crippen molar-refractivity contribution in [3.05, 3.63) is 65.7 Å². The number of para-hydroxylation sites is 3. The van der Waals surface area contributed by atoms with E-state index in [1.165, 1.54) is 11.8 Å². The first-order valence-corrected chi connectivity index (χ1v) is 9.93. The first kappa shape index (κ1) is 18.5. The summed E-state index contributed by atoms with van der Waals surface area (Å²) in [5, 5.41) is 12.5. The Morgan fingerprint density at radius 3 is 2.79 bits per heavy atom. The van der Waals surface area contributed by atoms with Crippen LogP contribution in [0.5, 0.6) is 0 Å². The Balaban J connectivity index is 1.41. The average molecular weight is 413 g/mol. The summed E-state index contributed by atoms with van der Waals surface area (Å²) < 4.78 is 3.92. The van der Waals surface area contributed by atoms with Crippen LogP contribution in [0.1, 0.15) is 5.82 Å². The van der Waals surface area contributed by atoms with Crippen LogP contribution in [0, 0.1) is 0 Å². The second-order valence-corrected chi connectivity index (χ2v) is 7.49. The monoisotopic (exact) mass is 412 g/mol. The molecule has 2 aromatic heterocycles. The standard InChI is InChI=1S/C19H17ClN6OS/c1-25-17(10-26-12-21-15-8-4-5-9-16(15)26)23-24-19(25)28-11-18(27)22-14-7-3-2-6-13(14)20/h2-9,12H,10-11H2,1H3,(H,22,27). The SMILES string of the molecule is Cn1c(Cn2cnc3ccccc32)nnc1SCC(=O)Nc1ccccc1Cl. The highest BCUT2D eigenvalue weighted by molar-refractivity contribution is 7.99. The van der Waals surface area contributed by atoms with Gasteiger partial charge in [0.15, 0.2) is 11.0 Å². The van der Waals surface area contributed by atoms with Crippen LogP contribution in [0.4, 0.5) is 5.69 Å². The number of benzene rings is 2. The zero-order valence-corrected chi connectivity index (χ0v) is 16.6. The molecular weight excluding hydrogens is 396 g/mol. The minimum Gasteiger partial charge on any atom is -0.324 e. The summed E-state index contributed by atoms with van der Waals surface area (Å²) >= 11 is 7.39. The fourth-order valence-corrected chi connectivity index (χ4v) is 3.69. The van der Waals surface area contributed by atoms with Crippen molar-refractivity contribution in [1.29, 1.82) is 0 Å². The molecule has 0 fully saturated rings. The molecule has 0 atom stereocenters. The average Bonchev–Trinajstić information content (AvgIpc) is 3.27. The van der Waals surface area contributed by atoms with Gasteiger partial charge in [-0.1, -0.05) is 47.6 Å². The van der Waals surface area contributed by atoms with E-state index < -0.39 is 0 Å². The Hall–Kier alpha value is -2.84. The van der Waals surface area contributed by atoms with E-state index in [4.69, 9.17) is 11.6 Å². The molecular formula is C19H17ClN6OS. The Bertz CT molecular complexity index is 1140. The molecule has 1 amide bonds. The first-order chi connectivity index (χ1) is 13.6. The van der Waals surface area contributed by atoms with E-state index in [1.54, 1.807) is 18.5 Å². The summed E-state index contributed by atoms with van der Waals surface area (Å²) in [7, 11) is 1.89. The molecule has 0 aliphatic carbocycles. The number of nitrogens with one attached hydrogen (secondary N) is 1. The lowest BCUT2D eigenvalue weighted by molar-refractivity contribution is -0.113. The second kappa shape index (κ2) is 8.04. The number of nitrogens with zero attached hydrogens (tertiary/aromatic N) is 5. The highest BCUT2D eigenvalue weighted by atomic mass is 35.5. The van der Waals surface area contributed by atoms with Crippen LogP contribution >= 0.6 is 23.4 Å². The van der Waals surface area contributed by atoms with Crippen LogP contribution in [-0.2, 0) is 18.4 Å². The van der Waals surface area contributed by atoms with Crippen molar-refractivity contribution in [2.45, 2.75) is 11.7 Å². The predicted molar refractivity (Wildman–Crippen MR) is 111 cm³/mol. The van der Waals surface area contributed by atoms with Gasteiger partial charge < -0.3 is 14.5 Å². The number of anilines is 1. The number of amides is 1. The largest absolute Gasteiger partial charge is 0.324 e. The zero-order valence-electron chi connectivity index (χ0n) is 15.0. The molecule has 7 nitrogen and oxygen atoms in total. The molecule has 9 heteroatoms. The fourth-order valence-electron chi connectivity index (χ4n) is 2.78. The van der Waals surface area contributed by atoms with Gasteiger partial charge in [0, 0.05) is 7.05 Å². The number of carbonyl (C=O) groups excluding carboxylic acids is 1. The Kier molecular flexibility index (Phi) is 5.31. The van der Waals surface area contributed by atoms with Crippen LogP contribution in [-0.4, -0.2) is 36.0 Å². The zero-order chi connectivity index (χ0) is 19.5. The summed E-state index contributed by atoms with van der Waals surface area (Å²) in [5.74, 6) is 0.853. The topological polar surface area (TPSA) is 77.6 Å². The maximum Gasteiger partial charge on any atom is 0.234 e. The van der Waals surface area contributed by atoms with Crippen molar-refractivity contribution in [1.82, 2.24) is 24.3 Å². The third-order valence-electron chi connectivity index (χ3n) is 4.24. The minimum atomic E-state index is -0.150. The van der Waals surface area contributed by atoms with Crippen molar-refractivity contribution in [2.24, 2.45) is 7.05 Å². The van der Waals surface area contributed by atoms with Gasteiger partial charge in [0.1, 0.15) is 0 Å². The number of hydrogen-bond acceptors (Lipinski definition) is 5. The van der Waals surface area contributed by atoms with Gasteiger partial charge in [0.2, 0.25) is 5.91 Å². The molecule has 0 saturated carbocycles. The summed E-state index contributed by atoms with van der Waals surface area (Å²) in [6.07, 6.45) is 1.79. The smallest absolute Gasteiger partial charge is 0.234 e. The van der Waals surface area contributed by atoms with Gasteiger partial charge >= 0.3 is 0 Å². The Morgan fingerprint density at radius 1 is 1.14 bits per heavy atom. The minimum absolute atomic E-state index is 0.150. The number of thioether (sulfide) groups is 1. The number of halogens is 1. The third-order valence-corrected chi connectivity index (χ3v) is 5.59. The van der Waals surface area contributed by atoms with Crippen LogP contribution in [0.15, 0.2) is 60.0 Å².